The minimum Gasteiger partial charge on any atom is -0.481 e. The van der Waals surface area contributed by atoms with Crippen molar-refractivity contribution in [1.82, 2.24) is 4.31 Å². The largest absolute Gasteiger partial charge is 0.481 e. The third kappa shape index (κ3) is 3.55. The van der Waals surface area contributed by atoms with Gasteiger partial charge in [-0.05, 0) is 55.9 Å². The van der Waals surface area contributed by atoms with Crippen LogP contribution in [-0.4, -0.2) is 43.1 Å². The summed E-state index contributed by atoms with van der Waals surface area (Å²) < 4.78 is 40.7. The number of carboxylic acid groups (broad SMARTS) is 1. The molecule has 1 atom stereocenters. The van der Waals surface area contributed by atoms with E-state index in [1.54, 1.807) is 26.8 Å². The predicted molar refractivity (Wildman–Crippen MR) is 84.9 cm³/mol. The smallest absolute Gasteiger partial charge is 0.307 e. The quantitative estimate of drug-likeness (QED) is 0.911. The van der Waals surface area contributed by atoms with E-state index in [1.165, 1.54) is 4.31 Å². The van der Waals surface area contributed by atoms with Gasteiger partial charge in [0.25, 0.3) is 0 Å². The molecular weight excluding hydrogens is 321 g/mol. The van der Waals surface area contributed by atoms with Crippen LogP contribution in [0.15, 0.2) is 11.0 Å². The Morgan fingerprint density at radius 2 is 2.00 bits per heavy atom. The van der Waals surface area contributed by atoms with Gasteiger partial charge in [-0.25, -0.2) is 12.8 Å². The van der Waals surface area contributed by atoms with Crippen molar-refractivity contribution in [1.29, 1.82) is 0 Å². The van der Waals surface area contributed by atoms with Crippen LogP contribution < -0.4 is 0 Å². The number of aliphatic carboxylic acids is 1. The molecule has 1 aromatic carbocycles. The number of sulfonamides is 1. The van der Waals surface area contributed by atoms with Crippen LogP contribution in [0, 0.1) is 20.8 Å². The van der Waals surface area contributed by atoms with Gasteiger partial charge in [0.05, 0.1) is 11.3 Å². The molecule has 0 amide bonds. The Morgan fingerprint density at radius 1 is 1.35 bits per heavy atom. The maximum atomic E-state index is 13.6. The Kier molecular flexibility index (Phi) is 5.10. The van der Waals surface area contributed by atoms with Crippen LogP contribution in [-0.2, 0) is 21.2 Å². The van der Waals surface area contributed by atoms with Crippen molar-refractivity contribution in [2.45, 2.75) is 51.1 Å². The van der Waals surface area contributed by atoms with Crippen LogP contribution in [0.2, 0.25) is 0 Å². The average Bonchev–Trinajstić information content (AvgIpc) is 2.42. The first kappa shape index (κ1) is 17.9. The first-order valence-electron chi connectivity index (χ1n) is 7.60. The van der Waals surface area contributed by atoms with E-state index in [9.17, 15) is 17.6 Å². The summed E-state index contributed by atoms with van der Waals surface area (Å²) in [6, 6.07) is 1.69. The number of carboxylic acids is 1. The third-order valence-corrected chi connectivity index (χ3v) is 6.47. The first-order chi connectivity index (χ1) is 10.6. The molecule has 0 bridgehead atoms. The number of nitrogens with zero attached hydrogens (tertiary/aromatic N) is 1. The number of halogens is 1. The summed E-state index contributed by atoms with van der Waals surface area (Å²) in [5.41, 5.74) is 2.28. The van der Waals surface area contributed by atoms with E-state index in [0.29, 0.717) is 36.1 Å². The van der Waals surface area contributed by atoms with E-state index < -0.39 is 22.2 Å². The van der Waals surface area contributed by atoms with Crippen molar-refractivity contribution in [3.63, 3.8) is 0 Å². The summed E-state index contributed by atoms with van der Waals surface area (Å²) in [5.74, 6) is -1.01. The number of carbonyl (C=O) groups is 1. The van der Waals surface area contributed by atoms with Gasteiger partial charge in [-0.3, -0.25) is 4.79 Å². The number of alkyl halides is 1. The van der Waals surface area contributed by atoms with Gasteiger partial charge in [0.15, 0.2) is 0 Å². The zero-order valence-corrected chi connectivity index (χ0v) is 14.4. The zero-order valence-electron chi connectivity index (χ0n) is 13.6. The molecule has 0 radical (unpaired) electrons. The van der Waals surface area contributed by atoms with Gasteiger partial charge >= 0.3 is 5.97 Å². The Bertz CT molecular complexity index is 730. The summed E-state index contributed by atoms with van der Waals surface area (Å²) in [7, 11) is -3.83. The Hall–Kier alpha value is -1.47. The van der Waals surface area contributed by atoms with E-state index in [-0.39, 0.29) is 17.9 Å². The molecule has 1 aliphatic heterocycles. The van der Waals surface area contributed by atoms with Gasteiger partial charge in [-0.15, -0.1) is 0 Å². The molecule has 2 rings (SSSR count). The fraction of sp³-hybridized carbons (Fsp3) is 0.562. The molecule has 1 saturated heterocycles. The molecule has 1 fully saturated rings. The molecule has 0 aromatic heterocycles. The standard InChI is InChI=1S/C16H22FNO4S/c1-10-7-11(2)16(12(3)14(10)8-15(19)20)23(21,22)18-6-4-5-13(17)9-18/h7,13H,4-6,8-9H2,1-3H3,(H,19,20). The number of rotatable bonds is 4. The van der Waals surface area contributed by atoms with Crippen molar-refractivity contribution in [2.24, 2.45) is 0 Å². The normalized spacial score (nSPS) is 19.7. The van der Waals surface area contributed by atoms with Gasteiger partial charge in [0, 0.05) is 13.1 Å². The van der Waals surface area contributed by atoms with Crippen molar-refractivity contribution >= 4 is 16.0 Å². The summed E-state index contributed by atoms with van der Waals surface area (Å²) in [6.45, 7) is 5.25. The van der Waals surface area contributed by atoms with Gasteiger partial charge in [0.2, 0.25) is 10.0 Å². The molecule has 0 aliphatic carbocycles. The molecule has 1 N–H and O–H groups in total. The van der Waals surface area contributed by atoms with Gasteiger partial charge in [0.1, 0.15) is 6.17 Å². The van der Waals surface area contributed by atoms with Crippen molar-refractivity contribution in [3.8, 4) is 0 Å². The second-order valence-electron chi connectivity index (χ2n) is 6.12. The molecule has 1 aliphatic rings. The number of hydrogen-bond donors (Lipinski definition) is 1. The maximum Gasteiger partial charge on any atom is 0.307 e. The van der Waals surface area contributed by atoms with Gasteiger partial charge < -0.3 is 5.11 Å². The lowest BCUT2D eigenvalue weighted by Gasteiger charge is -2.30. The molecule has 23 heavy (non-hydrogen) atoms. The van der Waals surface area contributed by atoms with Crippen LogP contribution in [0.5, 0.6) is 0 Å². The molecule has 1 unspecified atom stereocenters. The molecular formula is C16H22FNO4S. The second kappa shape index (κ2) is 6.57. The van der Waals surface area contributed by atoms with E-state index in [0.717, 1.165) is 5.56 Å². The van der Waals surface area contributed by atoms with Gasteiger partial charge in [-0.2, -0.15) is 4.31 Å². The summed E-state index contributed by atoms with van der Waals surface area (Å²) >= 11 is 0. The summed E-state index contributed by atoms with van der Waals surface area (Å²) in [4.78, 5) is 11.2. The predicted octanol–water partition coefficient (Wildman–Crippen LogP) is 2.36. The van der Waals surface area contributed by atoms with Crippen molar-refractivity contribution in [3.05, 3.63) is 28.3 Å². The molecule has 5 nitrogen and oxygen atoms in total. The highest BCUT2D eigenvalue weighted by Gasteiger charge is 2.33. The van der Waals surface area contributed by atoms with Crippen LogP contribution in [0.1, 0.15) is 35.1 Å². The summed E-state index contributed by atoms with van der Waals surface area (Å²) in [6.07, 6.45) is -0.510. The van der Waals surface area contributed by atoms with E-state index in [2.05, 4.69) is 0 Å². The zero-order chi connectivity index (χ0) is 17.4. The Morgan fingerprint density at radius 3 is 2.57 bits per heavy atom. The molecule has 128 valence electrons. The van der Waals surface area contributed by atoms with E-state index in [4.69, 9.17) is 5.11 Å². The molecule has 7 heteroatoms. The van der Waals surface area contributed by atoms with E-state index >= 15 is 0 Å². The minimum atomic E-state index is -3.83. The lowest BCUT2D eigenvalue weighted by molar-refractivity contribution is -0.136. The fourth-order valence-electron chi connectivity index (χ4n) is 3.27. The monoisotopic (exact) mass is 343 g/mol. The highest BCUT2D eigenvalue weighted by molar-refractivity contribution is 7.89. The van der Waals surface area contributed by atoms with Crippen LogP contribution in [0.4, 0.5) is 4.39 Å². The van der Waals surface area contributed by atoms with E-state index in [1.807, 2.05) is 0 Å². The Balaban J connectivity index is 2.55. The lowest BCUT2D eigenvalue weighted by Crippen LogP contribution is -2.41. The summed E-state index contributed by atoms with van der Waals surface area (Å²) in [5, 5.41) is 9.05. The number of hydrogen-bond acceptors (Lipinski definition) is 3. The molecule has 0 spiro atoms. The number of aryl methyl sites for hydroxylation is 2. The topological polar surface area (TPSA) is 74.7 Å². The number of piperidine rings is 1. The maximum absolute atomic E-state index is 13.6. The highest BCUT2D eigenvalue weighted by atomic mass is 32.2. The fourth-order valence-corrected chi connectivity index (χ4v) is 5.23. The molecule has 0 saturated carbocycles. The minimum absolute atomic E-state index is 0.119. The van der Waals surface area contributed by atoms with Crippen LogP contribution in [0.3, 0.4) is 0 Å². The molecule has 1 heterocycles. The van der Waals surface area contributed by atoms with Crippen molar-refractivity contribution in [2.75, 3.05) is 13.1 Å². The first-order valence-corrected chi connectivity index (χ1v) is 9.04. The lowest BCUT2D eigenvalue weighted by atomic mass is 9.97. The Labute approximate surface area is 136 Å². The van der Waals surface area contributed by atoms with Crippen LogP contribution in [0.25, 0.3) is 0 Å². The second-order valence-corrected chi connectivity index (χ2v) is 7.99. The van der Waals surface area contributed by atoms with Crippen LogP contribution >= 0.6 is 0 Å². The highest BCUT2D eigenvalue weighted by Crippen LogP contribution is 2.31. The SMILES string of the molecule is Cc1cc(C)c(S(=O)(=O)N2CCCC(F)C2)c(C)c1CC(=O)O. The average molecular weight is 343 g/mol. The number of benzene rings is 1. The third-order valence-electron chi connectivity index (χ3n) is 4.31. The van der Waals surface area contributed by atoms with Gasteiger partial charge in [-0.1, -0.05) is 6.07 Å². The van der Waals surface area contributed by atoms with Crippen molar-refractivity contribution < 1.29 is 22.7 Å². The molecule has 1 aromatic rings.